The minimum Gasteiger partial charge on any atom is -0.433 e. The number of hydrogen-bond acceptors (Lipinski definition) is 5. The highest BCUT2D eigenvalue weighted by Crippen LogP contribution is 2.32. The fourth-order valence-corrected chi connectivity index (χ4v) is 2.61. The predicted molar refractivity (Wildman–Crippen MR) is 92.2 cm³/mol. The lowest BCUT2D eigenvalue weighted by Crippen LogP contribution is -2.17. The summed E-state index contributed by atoms with van der Waals surface area (Å²) >= 11 is 3.42. The normalized spacial score (nSPS) is 13.3. The van der Waals surface area contributed by atoms with Crippen LogP contribution in [-0.4, -0.2) is 28.3 Å². The lowest BCUT2D eigenvalue weighted by Gasteiger charge is -2.16. The molecule has 126 valence electrons. The molecule has 23 heavy (non-hydrogen) atoms. The van der Waals surface area contributed by atoms with E-state index in [0.29, 0.717) is 29.5 Å². The monoisotopic (exact) mass is 382 g/mol. The van der Waals surface area contributed by atoms with Crippen LogP contribution in [0, 0.1) is 0 Å². The molecule has 0 spiro atoms. The summed E-state index contributed by atoms with van der Waals surface area (Å²) in [5, 5.41) is 9.97. The number of halogens is 1. The van der Waals surface area contributed by atoms with Crippen LogP contribution in [0.5, 0.6) is 0 Å². The zero-order valence-electron chi connectivity index (χ0n) is 14.0. The third kappa shape index (κ3) is 4.62. The van der Waals surface area contributed by atoms with Gasteiger partial charge in [-0.1, -0.05) is 6.92 Å². The highest BCUT2D eigenvalue weighted by atomic mass is 79.9. The van der Waals surface area contributed by atoms with Crippen molar-refractivity contribution in [2.45, 2.75) is 45.6 Å². The van der Waals surface area contributed by atoms with Crippen LogP contribution in [0.25, 0.3) is 11.3 Å². The average molecular weight is 383 g/mol. The van der Waals surface area contributed by atoms with Crippen LogP contribution in [0.1, 0.15) is 51.6 Å². The van der Waals surface area contributed by atoms with E-state index in [1.54, 1.807) is 26.1 Å². The first-order chi connectivity index (χ1) is 10.8. The number of oxazole rings is 1. The smallest absolute Gasteiger partial charge is 0.199 e. The van der Waals surface area contributed by atoms with Crippen LogP contribution < -0.4 is 0 Å². The van der Waals surface area contributed by atoms with Crippen molar-refractivity contribution in [1.82, 2.24) is 9.97 Å². The van der Waals surface area contributed by atoms with Gasteiger partial charge in [0, 0.05) is 30.9 Å². The van der Waals surface area contributed by atoms with Gasteiger partial charge in [-0.2, -0.15) is 0 Å². The number of aromatic nitrogens is 2. The molecule has 0 fully saturated rings. The van der Waals surface area contributed by atoms with Crippen molar-refractivity contribution < 1.29 is 14.3 Å². The Morgan fingerprint density at radius 3 is 2.70 bits per heavy atom. The zero-order valence-corrected chi connectivity index (χ0v) is 15.6. The summed E-state index contributed by atoms with van der Waals surface area (Å²) in [6.07, 6.45) is 2.56. The van der Waals surface area contributed by atoms with E-state index in [1.807, 2.05) is 13.0 Å². The summed E-state index contributed by atoms with van der Waals surface area (Å²) < 4.78 is 11.7. The van der Waals surface area contributed by atoms with E-state index in [1.165, 1.54) is 0 Å². The van der Waals surface area contributed by atoms with Crippen molar-refractivity contribution in [2.75, 3.05) is 13.2 Å². The first-order valence-corrected chi connectivity index (χ1v) is 8.55. The molecule has 0 saturated heterocycles. The Kier molecular flexibility index (Phi) is 5.95. The molecule has 0 radical (unpaired) electrons. The Balaban J connectivity index is 2.17. The van der Waals surface area contributed by atoms with Gasteiger partial charge in [0.2, 0.25) is 0 Å². The van der Waals surface area contributed by atoms with Crippen molar-refractivity contribution in [3.63, 3.8) is 0 Å². The topological polar surface area (TPSA) is 68.4 Å². The van der Waals surface area contributed by atoms with Crippen LogP contribution in [0.4, 0.5) is 0 Å². The maximum Gasteiger partial charge on any atom is 0.199 e. The van der Waals surface area contributed by atoms with E-state index in [9.17, 15) is 5.11 Å². The Labute approximate surface area is 145 Å². The highest BCUT2D eigenvalue weighted by molar-refractivity contribution is 9.10. The van der Waals surface area contributed by atoms with Gasteiger partial charge >= 0.3 is 0 Å². The van der Waals surface area contributed by atoms with Gasteiger partial charge in [0.25, 0.3) is 0 Å². The molecule has 0 saturated carbocycles. The van der Waals surface area contributed by atoms with Crippen molar-refractivity contribution in [3.05, 3.63) is 34.6 Å². The summed E-state index contributed by atoms with van der Waals surface area (Å²) in [5.74, 6) is 0.855. The highest BCUT2D eigenvalue weighted by Gasteiger charge is 2.20. The predicted octanol–water partition coefficient (Wildman–Crippen LogP) is 4.26. The van der Waals surface area contributed by atoms with Gasteiger partial charge < -0.3 is 14.3 Å². The van der Waals surface area contributed by atoms with Crippen molar-refractivity contribution in [2.24, 2.45) is 0 Å². The third-order valence-electron chi connectivity index (χ3n) is 3.59. The molecule has 2 aromatic rings. The standard InChI is InChI=1S/C17H23BrN2O3/c1-5-22-9-8-11(2)16-20-14(15(18)23-16)12-6-7-13(19-10-12)17(3,4)21/h6-7,10-11,21H,5,8-9H2,1-4H3. The Bertz CT molecular complexity index is 632. The average Bonchev–Trinajstić information content (AvgIpc) is 2.89. The molecule has 0 aliphatic heterocycles. The summed E-state index contributed by atoms with van der Waals surface area (Å²) in [6, 6.07) is 3.69. The first-order valence-electron chi connectivity index (χ1n) is 7.76. The molecule has 2 aromatic heterocycles. The molecule has 5 nitrogen and oxygen atoms in total. The number of aliphatic hydroxyl groups is 1. The summed E-state index contributed by atoms with van der Waals surface area (Å²) in [5.41, 5.74) is 1.22. The van der Waals surface area contributed by atoms with E-state index in [4.69, 9.17) is 9.15 Å². The quantitative estimate of drug-likeness (QED) is 0.724. The second-order valence-corrected chi connectivity index (χ2v) is 6.77. The Morgan fingerprint density at radius 1 is 1.39 bits per heavy atom. The molecule has 1 N–H and O–H groups in total. The SMILES string of the molecule is CCOCCC(C)c1nc(-c2ccc(C(C)(C)O)nc2)c(Br)o1. The van der Waals surface area contributed by atoms with E-state index < -0.39 is 5.60 Å². The van der Waals surface area contributed by atoms with Crippen LogP contribution in [0.2, 0.25) is 0 Å². The molecule has 0 amide bonds. The van der Waals surface area contributed by atoms with Gasteiger partial charge in [-0.15, -0.1) is 0 Å². The second kappa shape index (κ2) is 7.55. The zero-order chi connectivity index (χ0) is 17.0. The largest absolute Gasteiger partial charge is 0.433 e. The molecule has 1 unspecified atom stereocenters. The second-order valence-electron chi connectivity index (χ2n) is 6.05. The van der Waals surface area contributed by atoms with Crippen LogP contribution in [0.15, 0.2) is 27.4 Å². The molecule has 0 aliphatic rings. The molecule has 6 heteroatoms. The molecular weight excluding hydrogens is 360 g/mol. The van der Waals surface area contributed by atoms with Gasteiger partial charge in [-0.3, -0.25) is 4.98 Å². The lowest BCUT2D eigenvalue weighted by atomic mass is 10.0. The Hall–Kier alpha value is -1.24. The molecule has 0 bridgehead atoms. The minimum absolute atomic E-state index is 0.176. The van der Waals surface area contributed by atoms with Gasteiger partial charge in [-0.25, -0.2) is 4.98 Å². The lowest BCUT2D eigenvalue weighted by molar-refractivity contribution is 0.0739. The van der Waals surface area contributed by atoms with E-state index in [0.717, 1.165) is 17.7 Å². The number of nitrogens with zero attached hydrogens (tertiary/aromatic N) is 2. The third-order valence-corrected chi connectivity index (χ3v) is 4.12. The van der Waals surface area contributed by atoms with E-state index in [2.05, 4.69) is 32.8 Å². The molecule has 2 rings (SSSR count). The van der Waals surface area contributed by atoms with Gasteiger partial charge in [-0.05, 0) is 55.3 Å². The molecule has 0 aliphatic carbocycles. The fraction of sp³-hybridized carbons (Fsp3) is 0.529. The van der Waals surface area contributed by atoms with E-state index >= 15 is 0 Å². The van der Waals surface area contributed by atoms with Gasteiger partial charge in [0.1, 0.15) is 11.3 Å². The van der Waals surface area contributed by atoms with Crippen molar-refractivity contribution >= 4 is 15.9 Å². The summed E-state index contributed by atoms with van der Waals surface area (Å²) in [6.45, 7) is 8.87. The maximum absolute atomic E-state index is 9.97. The Morgan fingerprint density at radius 2 is 2.13 bits per heavy atom. The van der Waals surface area contributed by atoms with Crippen LogP contribution >= 0.6 is 15.9 Å². The van der Waals surface area contributed by atoms with Gasteiger partial charge in [0.15, 0.2) is 10.6 Å². The fourth-order valence-electron chi connectivity index (χ4n) is 2.13. The van der Waals surface area contributed by atoms with Crippen molar-refractivity contribution in [3.8, 4) is 11.3 Å². The van der Waals surface area contributed by atoms with Crippen molar-refractivity contribution in [1.29, 1.82) is 0 Å². The molecular formula is C17H23BrN2O3. The van der Waals surface area contributed by atoms with Gasteiger partial charge in [0.05, 0.1) is 5.69 Å². The van der Waals surface area contributed by atoms with Crippen LogP contribution in [0.3, 0.4) is 0 Å². The summed E-state index contributed by atoms with van der Waals surface area (Å²) in [7, 11) is 0. The first kappa shape index (κ1) is 18.1. The summed E-state index contributed by atoms with van der Waals surface area (Å²) in [4.78, 5) is 8.89. The maximum atomic E-state index is 9.97. The van der Waals surface area contributed by atoms with E-state index in [-0.39, 0.29) is 5.92 Å². The molecule has 2 heterocycles. The molecule has 1 atom stereocenters. The molecule has 0 aromatic carbocycles. The number of rotatable bonds is 7. The minimum atomic E-state index is -0.960. The number of pyridine rings is 1. The number of hydrogen-bond donors (Lipinski definition) is 1. The van der Waals surface area contributed by atoms with Crippen LogP contribution in [-0.2, 0) is 10.3 Å². The number of ether oxygens (including phenoxy) is 1.